The average molecular weight is 430 g/mol. The molecule has 4 rings (SSSR count). The number of hydrogen-bond acceptors (Lipinski definition) is 7. The second kappa shape index (κ2) is 8.50. The van der Waals surface area contributed by atoms with Gasteiger partial charge < -0.3 is 9.73 Å². The van der Waals surface area contributed by atoms with Gasteiger partial charge in [-0.15, -0.1) is 21.5 Å². The third kappa shape index (κ3) is 4.66. The molecule has 0 aliphatic carbocycles. The zero-order valence-corrected chi connectivity index (χ0v) is 16.3. The Morgan fingerprint density at radius 2 is 1.90 bits per heavy atom. The number of nitrogens with zero attached hydrogens (tertiary/aromatic N) is 3. The summed E-state index contributed by atoms with van der Waals surface area (Å²) >= 11 is 2.29. The molecule has 0 bridgehead atoms. The normalized spacial score (nSPS) is 10.8. The van der Waals surface area contributed by atoms with Gasteiger partial charge in [0.1, 0.15) is 0 Å². The molecule has 146 valence electrons. The van der Waals surface area contributed by atoms with Crippen LogP contribution in [0.4, 0.5) is 13.9 Å². The second-order valence-corrected chi connectivity index (χ2v) is 7.53. The minimum atomic E-state index is -0.952. The van der Waals surface area contributed by atoms with Crippen molar-refractivity contribution >= 4 is 34.1 Å². The van der Waals surface area contributed by atoms with Crippen LogP contribution in [0.5, 0.6) is 0 Å². The molecule has 0 saturated carbocycles. The predicted molar refractivity (Wildman–Crippen MR) is 107 cm³/mol. The molecule has 0 saturated heterocycles. The van der Waals surface area contributed by atoms with Gasteiger partial charge in [0.2, 0.25) is 11.8 Å². The molecule has 29 heavy (non-hydrogen) atoms. The summed E-state index contributed by atoms with van der Waals surface area (Å²) in [4.78, 5) is 16.4. The molecule has 0 unspecified atom stereocenters. The number of thioether (sulfide) groups is 1. The van der Waals surface area contributed by atoms with Gasteiger partial charge >= 0.3 is 0 Å². The number of nitrogens with one attached hydrogen (secondary N) is 1. The summed E-state index contributed by atoms with van der Waals surface area (Å²) in [5.41, 5.74) is 1.67. The van der Waals surface area contributed by atoms with Crippen LogP contribution < -0.4 is 5.32 Å². The molecule has 0 aliphatic heterocycles. The minimum absolute atomic E-state index is 0.0521. The van der Waals surface area contributed by atoms with Gasteiger partial charge in [0.25, 0.3) is 5.22 Å². The first kappa shape index (κ1) is 19.2. The largest absolute Gasteiger partial charge is 0.411 e. The summed E-state index contributed by atoms with van der Waals surface area (Å²) in [6.45, 7) is 0. The molecule has 2 aromatic carbocycles. The molecule has 2 aromatic heterocycles. The Labute approximate surface area is 172 Å². The second-order valence-electron chi connectivity index (χ2n) is 5.74. The average Bonchev–Trinajstić information content (AvgIpc) is 3.39. The lowest BCUT2D eigenvalue weighted by Crippen LogP contribution is -2.13. The van der Waals surface area contributed by atoms with E-state index in [-0.39, 0.29) is 16.9 Å². The summed E-state index contributed by atoms with van der Waals surface area (Å²) in [5, 5.41) is 12.8. The standard InChI is InChI=1S/C19H12F2N4O2S2/c20-13-7-6-12(8-14(13)21)15-9-28-18(22-15)23-16(26)10-29-19-25-24-17(27-19)11-4-2-1-3-5-11/h1-9H,10H2,(H,22,23,26). The topological polar surface area (TPSA) is 80.9 Å². The molecule has 0 fully saturated rings. The van der Waals surface area contributed by atoms with Crippen LogP contribution in [0.25, 0.3) is 22.7 Å². The van der Waals surface area contributed by atoms with E-state index in [1.165, 1.54) is 17.4 Å². The van der Waals surface area contributed by atoms with Crippen LogP contribution in [0.3, 0.4) is 0 Å². The number of thiazole rings is 1. The predicted octanol–water partition coefficient (Wildman–Crippen LogP) is 4.87. The third-order valence-corrected chi connectivity index (χ3v) is 5.30. The zero-order valence-electron chi connectivity index (χ0n) is 14.6. The fourth-order valence-corrected chi connectivity index (χ4v) is 3.67. The van der Waals surface area contributed by atoms with Crippen molar-refractivity contribution in [3.8, 4) is 22.7 Å². The number of carbonyl (C=O) groups is 1. The van der Waals surface area contributed by atoms with E-state index in [1.807, 2.05) is 30.3 Å². The monoisotopic (exact) mass is 430 g/mol. The molecule has 2 heterocycles. The van der Waals surface area contributed by atoms with Crippen molar-refractivity contribution in [2.24, 2.45) is 0 Å². The van der Waals surface area contributed by atoms with Crippen molar-refractivity contribution in [3.05, 3.63) is 65.5 Å². The lowest BCUT2D eigenvalue weighted by atomic mass is 10.2. The smallest absolute Gasteiger partial charge is 0.277 e. The van der Waals surface area contributed by atoms with Gasteiger partial charge in [0.05, 0.1) is 11.4 Å². The Kier molecular flexibility index (Phi) is 5.63. The number of hydrogen-bond donors (Lipinski definition) is 1. The molecule has 10 heteroatoms. The van der Waals surface area contributed by atoms with E-state index in [1.54, 1.807) is 5.38 Å². The molecular formula is C19H12F2N4O2S2. The molecule has 4 aromatic rings. The van der Waals surface area contributed by atoms with Gasteiger partial charge in [-0.3, -0.25) is 4.79 Å². The molecule has 1 amide bonds. The Hall–Kier alpha value is -3.11. The fraction of sp³-hybridized carbons (Fsp3) is 0.0526. The summed E-state index contributed by atoms with van der Waals surface area (Å²) in [5.74, 6) is -1.75. The van der Waals surface area contributed by atoms with Crippen molar-refractivity contribution < 1.29 is 18.0 Å². The number of halogens is 2. The van der Waals surface area contributed by atoms with E-state index < -0.39 is 11.6 Å². The van der Waals surface area contributed by atoms with Crippen LogP contribution in [0.15, 0.2) is 63.6 Å². The van der Waals surface area contributed by atoms with Crippen LogP contribution >= 0.6 is 23.1 Å². The highest BCUT2D eigenvalue weighted by Crippen LogP contribution is 2.27. The molecule has 6 nitrogen and oxygen atoms in total. The highest BCUT2D eigenvalue weighted by molar-refractivity contribution is 7.99. The summed E-state index contributed by atoms with van der Waals surface area (Å²) < 4.78 is 31.9. The third-order valence-electron chi connectivity index (χ3n) is 3.72. The number of carbonyl (C=O) groups excluding carboxylic acids is 1. The SMILES string of the molecule is O=C(CSc1nnc(-c2ccccc2)o1)Nc1nc(-c2ccc(F)c(F)c2)cs1. The lowest BCUT2D eigenvalue weighted by Gasteiger charge is -2.00. The number of anilines is 1. The Balaban J connectivity index is 1.34. The number of amides is 1. The van der Waals surface area contributed by atoms with Gasteiger partial charge in [0, 0.05) is 16.5 Å². The van der Waals surface area contributed by atoms with Gasteiger partial charge in [-0.2, -0.15) is 0 Å². The highest BCUT2D eigenvalue weighted by Gasteiger charge is 2.13. The van der Waals surface area contributed by atoms with E-state index in [4.69, 9.17) is 4.42 Å². The molecule has 0 spiro atoms. The molecular weight excluding hydrogens is 418 g/mol. The van der Waals surface area contributed by atoms with E-state index >= 15 is 0 Å². The first-order valence-electron chi connectivity index (χ1n) is 8.31. The quantitative estimate of drug-likeness (QED) is 0.440. The highest BCUT2D eigenvalue weighted by atomic mass is 32.2. The number of benzene rings is 2. The maximum Gasteiger partial charge on any atom is 0.277 e. The van der Waals surface area contributed by atoms with Gasteiger partial charge in [-0.25, -0.2) is 13.8 Å². The van der Waals surface area contributed by atoms with E-state index in [2.05, 4.69) is 20.5 Å². The number of rotatable bonds is 6. The van der Waals surface area contributed by atoms with Crippen molar-refractivity contribution in [2.45, 2.75) is 5.22 Å². The van der Waals surface area contributed by atoms with Crippen LogP contribution in [-0.4, -0.2) is 26.8 Å². The van der Waals surface area contributed by atoms with Gasteiger partial charge in [0.15, 0.2) is 16.8 Å². The lowest BCUT2D eigenvalue weighted by molar-refractivity contribution is -0.113. The molecule has 0 aliphatic rings. The maximum atomic E-state index is 13.4. The van der Waals surface area contributed by atoms with Gasteiger partial charge in [-0.1, -0.05) is 30.0 Å². The van der Waals surface area contributed by atoms with E-state index in [9.17, 15) is 13.6 Å². The first-order valence-corrected chi connectivity index (χ1v) is 10.2. The maximum absolute atomic E-state index is 13.4. The molecule has 0 atom stereocenters. The van der Waals surface area contributed by atoms with Crippen molar-refractivity contribution in [2.75, 3.05) is 11.1 Å². The zero-order chi connectivity index (χ0) is 20.2. The summed E-state index contributed by atoms with van der Waals surface area (Å²) in [6, 6.07) is 12.8. The molecule has 1 N–H and O–H groups in total. The van der Waals surface area contributed by atoms with Crippen LogP contribution in [0.2, 0.25) is 0 Å². The van der Waals surface area contributed by atoms with Crippen LogP contribution in [0.1, 0.15) is 0 Å². The van der Waals surface area contributed by atoms with Crippen LogP contribution in [0, 0.1) is 11.6 Å². The van der Waals surface area contributed by atoms with Gasteiger partial charge in [-0.05, 0) is 30.3 Å². The summed E-state index contributed by atoms with van der Waals surface area (Å²) in [7, 11) is 0. The molecule has 0 radical (unpaired) electrons. The van der Waals surface area contributed by atoms with Crippen molar-refractivity contribution in [3.63, 3.8) is 0 Å². The number of aromatic nitrogens is 3. The van der Waals surface area contributed by atoms with Crippen molar-refractivity contribution in [1.29, 1.82) is 0 Å². The fourth-order valence-electron chi connectivity index (χ4n) is 2.37. The Morgan fingerprint density at radius 3 is 2.69 bits per heavy atom. The Bertz CT molecular complexity index is 1150. The first-order chi connectivity index (χ1) is 14.1. The Morgan fingerprint density at radius 1 is 1.07 bits per heavy atom. The summed E-state index contributed by atoms with van der Waals surface area (Å²) in [6.07, 6.45) is 0. The van der Waals surface area contributed by atoms with Crippen molar-refractivity contribution in [1.82, 2.24) is 15.2 Å². The van der Waals surface area contributed by atoms with E-state index in [0.29, 0.717) is 22.3 Å². The van der Waals surface area contributed by atoms with E-state index in [0.717, 1.165) is 29.5 Å². The minimum Gasteiger partial charge on any atom is -0.411 e. The van der Waals surface area contributed by atoms with Crippen LogP contribution in [-0.2, 0) is 4.79 Å².